The van der Waals surface area contributed by atoms with Gasteiger partial charge in [0.25, 0.3) is 0 Å². The predicted octanol–water partition coefficient (Wildman–Crippen LogP) is 3.05. The van der Waals surface area contributed by atoms with Gasteiger partial charge in [-0.05, 0) is 37.8 Å². The Labute approximate surface area is 131 Å². The Morgan fingerprint density at radius 3 is 2.73 bits per heavy atom. The number of aromatic amines is 1. The van der Waals surface area contributed by atoms with Crippen LogP contribution in [-0.4, -0.2) is 34.7 Å². The number of hydrogen-bond acceptors (Lipinski definition) is 2. The number of carbonyl (C=O) groups is 1. The molecule has 0 spiro atoms. The lowest BCUT2D eigenvalue weighted by atomic mass is 10.1. The van der Waals surface area contributed by atoms with Crippen LogP contribution in [0, 0.1) is 6.92 Å². The zero-order valence-electron chi connectivity index (χ0n) is 13.5. The van der Waals surface area contributed by atoms with Crippen LogP contribution in [0.3, 0.4) is 0 Å². The summed E-state index contributed by atoms with van der Waals surface area (Å²) in [5.74, 6) is 0. The minimum Gasteiger partial charge on any atom is -0.338 e. The minimum absolute atomic E-state index is 0.0414. The largest absolute Gasteiger partial charge is 0.338 e. The molecule has 2 aromatic rings. The van der Waals surface area contributed by atoms with E-state index in [2.05, 4.69) is 15.5 Å². The second-order valence-electron chi connectivity index (χ2n) is 5.55. The van der Waals surface area contributed by atoms with Gasteiger partial charge in [-0.1, -0.05) is 30.3 Å². The third-order valence-corrected chi connectivity index (χ3v) is 4.02. The van der Waals surface area contributed by atoms with Gasteiger partial charge in [-0.25, -0.2) is 4.79 Å². The lowest BCUT2D eigenvalue weighted by Gasteiger charge is -2.25. The molecule has 2 N–H and O–H groups in total. The molecule has 0 unspecified atom stereocenters. The Kier molecular flexibility index (Phi) is 5.58. The molecule has 0 radical (unpaired) electrons. The van der Waals surface area contributed by atoms with Crippen molar-refractivity contribution in [3.63, 3.8) is 0 Å². The Bertz CT molecular complexity index is 594. The molecule has 2 rings (SSSR count). The number of nitrogens with one attached hydrogen (secondary N) is 2. The van der Waals surface area contributed by atoms with E-state index in [0.717, 1.165) is 24.1 Å². The van der Waals surface area contributed by atoms with Crippen molar-refractivity contribution < 1.29 is 4.79 Å². The van der Waals surface area contributed by atoms with Crippen LogP contribution in [0.5, 0.6) is 0 Å². The van der Waals surface area contributed by atoms with Crippen LogP contribution in [0.4, 0.5) is 4.79 Å². The van der Waals surface area contributed by atoms with E-state index >= 15 is 0 Å². The highest BCUT2D eigenvalue weighted by Crippen LogP contribution is 2.17. The normalized spacial score (nSPS) is 12.0. The van der Waals surface area contributed by atoms with Gasteiger partial charge in [0, 0.05) is 19.3 Å². The van der Waals surface area contributed by atoms with Crippen molar-refractivity contribution in [3.8, 4) is 0 Å². The molecule has 0 fully saturated rings. The topological polar surface area (TPSA) is 61.0 Å². The summed E-state index contributed by atoms with van der Waals surface area (Å²) in [6.07, 6.45) is 3.67. The zero-order chi connectivity index (χ0) is 15.9. The maximum Gasteiger partial charge on any atom is 0.317 e. The van der Waals surface area contributed by atoms with Crippen LogP contribution in [0.15, 0.2) is 36.5 Å². The predicted molar refractivity (Wildman–Crippen MR) is 87.7 cm³/mol. The summed E-state index contributed by atoms with van der Waals surface area (Å²) >= 11 is 0. The quantitative estimate of drug-likeness (QED) is 0.805. The van der Waals surface area contributed by atoms with Gasteiger partial charge in [-0.2, -0.15) is 5.10 Å². The highest BCUT2D eigenvalue weighted by molar-refractivity contribution is 5.74. The summed E-state index contributed by atoms with van der Waals surface area (Å²) in [7, 11) is 1.83. The molecule has 0 aliphatic carbocycles. The van der Waals surface area contributed by atoms with Crippen molar-refractivity contribution in [3.05, 3.63) is 53.3 Å². The Hall–Kier alpha value is -2.30. The lowest BCUT2D eigenvalue weighted by Crippen LogP contribution is -2.39. The molecule has 0 saturated carbocycles. The van der Waals surface area contributed by atoms with Gasteiger partial charge in [0.1, 0.15) is 0 Å². The number of benzene rings is 1. The number of aryl methyl sites for hydroxylation is 2. The van der Waals surface area contributed by atoms with Crippen molar-refractivity contribution in [1.82, 2.24) is 20.4 Å². The summed E-state index contributed by atoms with van der Waals surface area (Å²) in [5, 5.41) is 9.90. The Morgan fingerprint density at radius 2 is 2.09 bits per heavy atom. The number of urea groups is 1. The first-order valence-corrected chi connectivity index (χ1v) is 7.64. The van der Waals surface area contributed by atoms with E-state index in [-0.39, 0.29) is 12.1 Å². The fraction of sp³-hybridized carbons (Fsp3) is 0.412. The molecule has 5 heteroatoms. The first-order valence-electron chi connectivity index (χ1n) is 7.64. The van der Waals surface area contributed by atoms with Gasteiger partial charge in [0.2, 0.25) is 0 Å². The van der Waals surface area contributed by atoms with E-state index < -0.39 is 0 Å². The average Bonchev–Trinajstić information content (AvgIpc) is 2.96. The van der Waals surface area contributed by atoms with E-state index in [1.807, 2.05) is 57.4 Å². The Morgan fingerprint density at radius 1 is 1.36 bits per heavy atom. The van der Waals surface area contributed by atoms with Gasteiger partial charge < -0.3 is 10.2 Å². The van der Waals surface area contributed by atoms with E-state index in [9.17, 15) is 4.79 Å². The molecule has 0 bridgehead atoms. The second-order valence-corrected chi connectivity index (χ2v) is 5.55. The van der Waals surface area contributed by atoms with Gasteiger partial charge >= 0.3 is 6.03 Å². The Balaban J connectivity index is 1.76. The smallest absolute Gasteiger partial charge is 0.317 e. The monoisotopic (exact) mass is 300 g/mol. The lowest BCUT2D eigenvalue weighted by molar-refractivity contribution is 0.194. The first kappa shape index (κ1) is 16.1. The van der Waals surface area contributed by atoms with Crippen LogP contribution in [0.1, 0.15) is 36.2 Å². The maximum absolute atomic E-state index is 12.2. The van der Waals surface area contributed by atoms with Gasteiger partial charge in [-0.3, -0.25) is 5.10 Å². The van der Waals surface area contributed by atoms with E-state index in [1.54, 1.807) is 4.90 Å². The highest BCUT2D eigenvalue weighted by Gasteiger charge is 2.16. The molecule has 22 heavy (non-hydrogen) atoms. The van der Waals surface area contributed by atoms with Gasteiger partial charge in [-0.15, -0.1) is 0 Å². The van der Waals surface area contributed by atoms with E-state index in [4.69, 9.17) is 0 Å². The van der Waals surface area contributed by atoms with Crippen LogP contribution in [0.2, 0.25) is 0 Å². The summed E-state index contributed by atoms with van der Waals surface area (Å²) in [5.41, 5.74) is 3.44. The number of H-pyrrole nitrogens is 1. The molecule has 118 valence electrons. The summed E-state index contributed by atoms with van der Waals surface area (Å²) in [6, 6.07) is 10.0. The number of aromatic nitrogens is 2. The van der Waals surface area contributed by atoms with Crippen LogP contribution < -0.4 is 5.32 Å². The molecule has 2 amide bonds. The third kappa shape index (κ3) is 4.10. The molecular weight excluding hydrogens is 276 g/mol. The zero-order valence-corrected chi connectivity index (χ0v) is 13.5. The van der Waals surface area contributed by atoms with Crippen molar-refractivity contribution in [1.29, 1.82) is 0 Å². The maximum atomic E-state index is 12.2. The fourth-order valence-electron chi connectivity index (χ4n) is 2.36. The highest BCUT2D eigenvalue weighted by atomic mass is 16.2. The molecule has 1 atom stereocenters. The fourth-order valence-corrected chi connectivity index (χ4v) is 2.36. The summed E-state index contributed by atoms with van der Waals surface area (Å²) in [4.78, 5) is 13.9. The van der Waals surface area contributed by atoms with E-state index in [1.165, 1.54) is 5.56 Å². The number of carbonyl (C=O) groups excluding carboxylic acids is 1. The van der Waals surface area contributed by atoms with Crippen LogP contribution in [0.25, 0.3) is 0 Å². The number of rotatable bonds is 6. The molecule has 5 nitrogen and oxygen atoms in total. The second kappa shape index (κ2) is 7.64. The van der Waals surface area contributed by atoms with Gasteiger partial charge in [0.15, 0.2) is 0 Å². The molecule has 0 aliphatic heterocycles. The van der Waals surface area contributed by atoms with Crippen molar-refractivity contribution in [2.24, 2.45) is 0 Å². The van der Waals surface area contributed by atoms with Crippen molar-refractivity contribution in [2.75, 3.05) is 13.6 Å². The molecule has 1 heterocycles. The molecule has 0 saturated heterocycles. The SMILES string of the molecule is Cc1[nH]ncc1CCCNC(=O)N(C)[C@@H](C)c1ccccc1. The first-order chi connectivity index (χ1) is 10.6. The van der Waals surface area contributed by atoms with E-state index in [0.29, 0.717) is 6.54 Å². The molecule has 1 aromatic carbocycles. The average molecular weight is 300 g/mol. The molecular formula is C17H24N4O. The van der Waals surface area contributed by atoms with Crippen molar-refractivity contribution in [2.45, 2.75) is 32.7 Å². The number of amides is 2. The standard InChI is InChI=1S/C17H24N4O/c1-13-16(12-19-20-13)10-7-11-18-17(22)21(3)14(2)15-8-5-4-6-9-15/h4-6,8-9,12,14H,7,10-11H2,1-3H3,(H,18,22)(H,19,20)/t14-/m0/s1. The minimum atomic E-state index is -0.0414. The summed E-state index contributed by atoms with van der Waals surface area (Å²) < 4.78 is 0. The summed E-state index contributed by atoms with van der Waals surface area (Å²) in [6.45, 7) is 4.70. The molecule has 0 aliphatic rings. The number of nitrogens with zero attached hydrogens (tertiary/aromatic N) is 2. The van der Waals surface area contributed by atoms with Crippen molar-refractivity contribution >= 4 is 6.03 Å². The molecule has 1 aromatic heterocycles. The number of hydrogen-bond donors (Lipinski definition) is 2. The van der Waals surface area contributed by atoms with Crippen LogP contribution in [-0.2, 0) is 6.42 Å². The third-order valence-electron chi connectivity index (χ3n) is 4.02. The van der Waals surface area contributed by atoms with Gasteiger partial charge in [0.05, 0.1) is 12.2 Å². The van der Waals surface area contributed by atoms with Crippen LogP contribution >= 0.6 is 0 Å².